The smallest absolute Gasteiger partial charge is 0.153 e. The Hall–Kier alpha value is -2.99. The predicted molar refractivity (Wildman–Crippen MR) is 100 cm³/mol. The van der Waals surface area contributed by atoms with Crippen LogP contribution in [-0.2, 0) is 6.42 Å². The zero-order chi connectivity index (χ0) is 17.5. The van der Waals surface area contributed by atoms with Gasteiger partial charge in [0.2, 0.25) is 0 Å². The lowest BCUT2D eigenvalue weighted by Crippen LogP contribution is -2.23. The van der Waals surface area contributed by atoms with Crippen molar-refractivity contribution in [1.82, 2.24) is 19.6 Å². The molecule has 0 spiro atoms. The van der Waals surface area contributed by atoms with Crippen LogP contribution in [0.4, 0.5) is 5.82 Å². The zero-order valence-electron chi connectivity index (χ0n) is 14.3. The van der Waals surface area contributed by atoms with E-state index in [9.17, 15) is 5.11 Å². The molecule has 0 radical (unpaired) electrons. The molecule has 1 atom stereocenters. The molecule has 26 heavy (non-hydrogen) atoms. The van der Waals surface area contributed by atoms with Crippen LogP contribution in [0.2, 0.25) is 0 Å². The number of β-amino-alcohol motifs (C(OH)–C–C–N with tert-alkyl or cyclic N) is 1. The fourth-order valence-corrected chi connectivity index (χ4v) is 3.59. The summed E-state index contributed by atoms with van der Waals surface area (Å²) in [4.78, 5) is 11.0. The highest BCUT2D eigenvalue weighted by Crippen LogP contribution is 2.21. The molecule has 0 bridgehead atoms. The molecule has 1 saturated heterocycles. The highest BCUT2D eigenvalue weighted by Gasteiger charge is 2.22. The summed E-state index contributed by atoms with van der Waals surface area (Å²) in [5, 5.41) is 15.7. The van der Waals surface area contributed by atoms with Crippen LogP contribution in [0.3, 0.4) is 0 Å². The van der Waals surface area contributed by atoms with Crippen LogP contribution in [0.15, 0.2) is 54.9 Å². The summed E-state index contributed by atoms with van der Waals surface area (Å²) >= 11 is 0. The number of pyridine rings is 1. The van der Waals surface area contributed by atoms with Gasteiger partial charge in [0.1, 0.15) is 5.82 Å². The number of benzene rings is 1. The van der Waals surface area contributed by atoms with E-state index in [-0.39, 0.29) is 6.10 Å². The second-order valence-corrected chi connectivity index (χ2v) is 6.81. The average molecular weight is 345 g/mol. The van der Waals surface area contributed by atoms with Gasteiger partial charge in [0.25, 0.3) is 0 Å². The van der Waals surface area contributed by atoms with E-state index in [0.717, 1.165) is 47.4 Å². The minimum Gasteiger partial charge on any atom is -0.391 e. The average Bonchev–Trinajstić information content (AvgIpc) is 3.28. The maximum atomic E-state index is 9.78. The van der Waals surface area contributed by atoms with Gasteiger partial charge >= 0.3 is 0 Å². The first-order valence-electron chi connectivity index (χ1n) is 8.87. The van der Waals surface area contributed by atoms with Crippen LogP contribution in [0.25, 0.3) is 16.6 Å². The first-order valence-corrected chi connectivity index (χ1v) is 8.87. The first-order chi connectivity index (χ1) is 12.8. The second-order valence-electron chi connectivity index (χ2n) is 6.81. The number of hydrogen-bond donors (Lipinski definition) is 1. The Balaban J connectivity index is 1.49. The standard InChI is InChI=1S/C20H19N5O/c26-17-7-9-24(13-17)20-6-5-19-22-12-16(25(19)23-20)11-14-3-4-18-15(10-14)2-1-8-21-18/h1-6,8,10,12,17,26H,7,9,11,13H2. The largest absolute Gasteiger partial charge is 0.391 e. The van der Waals surface area contributed by atoms with E-state index in [1.807, 2.05) is 35.1 Å². The van der Waals surface area contributed by atoms with Crippen molar-refractivity contribution in [2.45, 2.75) is 18.9 Å². The summed E-state index contributed by atoms with van der Waals surface area (Å²) in [6, 6.07) is 14.3. The number of aromatic nitrogens is 4. The van der Waals surface area contributed by atoms with E-state index in [4.69, 9.17) is 5.10 Å². The Labute approximate surface area is 150 Å². The van der Waals surface area contributed by atoms with Crippen molar-refractivity contribution in [3.8, 4) is 0 Å². The first kappa shape index (κ1) is 15.3. The maximum absolute atomic E-state index is 9.78. The van der Waals surface area contributed by atoms with Crippen molar-refractivity contribution in [2.24, 2.45) is 0 Å². The van der Waals surface area contributed by atoms with Crippen LogP contribution in [0.5, 0.6) is 0 Å². The van der Waals surface area contributed by atoms with Gasteiger partial charge in [0, 0.05) is 31.1 Å². The SMILES string of the molecule is OC1CCN(c2ccc3ncc(Cc4ccc5ncccc5c4)n3n2)C1. The number of aliphatic hydroxyl groups is 1. The molecule has 5 rings (SSSR count). The highest BCUT2D eigenvalue weighted by molar-refractivity contribution is 5.79. The third-order valence-corrected chi connectivity index (χ3v) is 4.96. The van der Waals surface area contributed by atoms with E-state index < -0.39 is 0 Å². The number of aliphatic hydroxyl groups excluding tert-OH is 1. The Morgan fingerprint density at radius 3 is 2.96 bits per heavy atom. The number of anilines is 1. The van der Waals surface area contributed by atoms with Crippen LogP contribution < -0.4 is 4.90 Å². The van der Waals surface area contributed by atoms with E-state index in [1.165, 1.54) is 5.56 Å². The molecule has 0 aliphatic carbocycles. The van der Waals surface area contributed by atoms with E-state index in [1.54, 1.807) is 0 Å². The summed E-state index contributed by atoms with van der Waals surface area (Å²) < 4.78 is 1.91. The van der Waals surface area contributed by atoms with Crippen molar-refractivity contribution in [1.29, 1.82) is 0 Å². The van der Waals surface area contributed by atoms with Crippen molar-refractivity contribution < 1.29 is 5.11 Å². The minimum absolute atomic E-state index is 0.263. The highest BCUT2D eigenvalue weighted by atomic mass is 16.3. The fourth-order valence-electron chi connectivity index (χ4n) is 3.59. The molecule has 1 aromatic carbocycles. The molecule has 4 aromatic rings. The van der Waals surface area contributed by atoms with Gasteiger partial charge in [0.05, 0.1) is 23.5 Å². The molecule has 1 unspecified atom stereocenters. The summed E-state index contributed by atoms with van der Waals surface area (Å²) in [7, 11) is 0. The molecule has 130 valence electrons. The van der Waals surface area contributed by atoms with Crippen molar-refractivity contribution in [3.05, 3.63) is 66.1 Å². The molecule has 1 fully saturated rings. The second kappa shape index (κ2) is 6.07. The van der Waals surface area contributed by atoms with Gasteiger partial charge in [0.15, 0.2) is 5.65 Å². The Bertz CT molecular complexity index is 1090. The number of nitrogens with zero attached hydrogens (tertiary/aromatic N) is 5. The van der Waals surface area contributed by atoms with Crippen LogP contribution in [0, 0.1) is 0 Å². The third kappa shape index (κ3) is 2.68. The van der Waals surface area contributed by atoms with E-state index >= 15 is 0 Å². The van der Waals surface area contributed by atoms with Gasteiger partial charge in [-0.2, -0.15) is 0 Å². The van der Waals surface area contributed by atoms with Gasteiger partial charge in [-0.3, -0.25) is 4.98 Å². The van der Waals surface area contributed by atoms with Gasteiger partial charge in [-0.05, 0) is 42.3 Å². The van der Waals surface area contributed by atoms with Gasteiger partial charge in [-0.15, -0.1) is 5.10 Å². The molecule has 6 nitrogen and oxygen atoms in total. The fraction of sp³-hybridized carbons (Fsp3) is 0.250. The Kier molecular flexibility index (Phi) is 3.57. The summed E-state index contributed by atoms with van der Waals surface area (Å²) in [6.45, 7) is 1.47. The predicted octanol–water partition coefficient (Wildman–Crippen LogP) is 2.44. The molecule has 0 saturated carbocycles. The zero-order valence-corrected chi connectivity index (χ0v) is 14.3. The topological polar surface area (TPSA) is 66.5 Å². The normalized spacial score (nSPS) is 17.4. The summed E-state index contributed by atoms with van der Waals surface area (Å²) in [6.07, 6.45) is 4.99. The van der Waals surface area contributed by atoms with Crippen molar-refractivity contribution >= 4 is 22.4 Å². The molecule has 1 aliphatic rings. The third-order valence-electron chi connectivity index (χ3n) is 4.96. The number of hydrogen-bond acceptors (Lipinski definition) is 5. The van der Waals surface area contributed by atoms with Gasteiger partial charge in [-0.25, -0.2) is 9.50 Å². The quantitative estimate of drug-likeness (QED) is 0.618. The number of rotatable bonds is 3. The lowest BCUT2D eigenvalue weighted by molar-refractivity contribution is 0.198. The lowest BCUT2D eigenvalue weighted by atomic mass is 10.1. The molecule has 1 N–H and O–H groups in total. The van der Waals surface area contributed by atoms with Crippen LogP contribution in [0.1, 0.15) is 17.7 Å². The Morgan fingerprint density at radius 2 is 2.08 bits per heavy atom. The molecule has 1 aliphatic heterocycles. The lowest BCUT2D eigenvalue weighted by Gasteiger charge is -2.16. The molecular formula is C20H19N5O. The van der Waals surface area contributed by atoms with E-state index in [0.29, 0.717) is 6.54 Å². The summed E-state index contributed by atoms with van der Waals surface area (Å²) in [5.74, 6) is 0.885. The van der Waals surface area contributed by atoms with Crippen LogP contribution >= 0.6 is 0 Å². The van der Waals surface area contributed by atoms with Gasteiger partial charge < -0.3 is 10.0 Å². The monoisotopic (exact) mass is 345 g/mol. The maximum Gasteiger partial charge on any atom is 0.153 e. The molecule has 4 heterocycles. The summed E-state index contributed by atoms with van der Waals surface area (Å²) in [5.41, 5.74) is 4.09. The van der Waals surface area contributed by atoms with Gasteiger partial charge in [-0.1, -0.05) is 12.1 Å². The molecule has 0 amide bonds. The molecular weight excluding hydrogens is 326 g/mol. The molecule has 3 aromatic heterocycles. The van der Waals surface area contributed by atoms with Crippen molar-refractivity contribution in [2.75, 3.05) is 18.0 Å². The molecule has 6 heteroatoms. The van der Waals surface area contributed by atoms with Crippen molar-refractivity contribution in [3.63, 3.8) is 0 Å². The number of fused-ring (bicyclic) bond motifs is 2. The van der Waals surface area contributed by atoms with E-state index in [2.05, 4.69) is 39.1 Å². The van der Waals surface area contributed by atoms with Crippen LogP contribution in [-0.4, -0.2) is 43.9 Å². The minimum atomic E-state index is -0.263. The number of imidazole rings is 1. The Morgan fingerprint density at radius 1 is 1.12 bits per heavy atom.